The van der Waals surface area contributed by atoms with Gasteiger partial charge in [-0.1, -0.05) is 29.3 Å². The van der Waals surface area contributed by atoms with Crippen LogP contribution in [0, 0.1) is 5.82 Å². The number of likely N-dealkylation sites (N-methyl/N-ethyl adjacent to an activating group) is 1. The number of amides is 2. The lowest BCUT2D eigenvalue weighted by atomic mass is 10.1. The summed E-state index contributed by atoms with van der Waals surface area (Å²) in [7, 11) is -2.87. The summed E-state index contributed by atoms with van der Waals surface area (Å²) in [5.41, 5.74) is 0.573. The zero-order chi connectivity index (χ0) is 28.7. The van der Waals surface area contributed by atoms with E-state index in [0.29, 0.717) is 22.9 Å². The van der Waals surface area contributed by atoms with Crippen LogP contribution in [0.5, 0.6) is 5.75 Å². The molecule has 2 amide bonds. The number of nitrogens with zero attached hydrogens (tertiary/aromatic N) is 2. The van der Waals surface area contributed by atoms with E-state index < -0.39 is 40.2 Å². The van der Waals surface area contributed by atoms with E-state index in [1.807, 2.05) is 0 Å². The number of ether oxygens (including phenoxy) is 1. The van der Waals surface area contributed by atoms with Crippen molar-refractivity contribution in [2.24, 2.45) is 0 Å². The maximum Gasteiger partial charge on any atom is 0.264 e. The lowest BCUT2D eigenvalue weighted by Crippen LogP contribution is -2.50. The number of benzene rings is 3. The highest BCUT2D eigenvalue weighted by atomic mass is 35.5. The lowest BCUT2D eigenvalue weighted by molar-refractivity contribution is -0.139. The molecule has 0 heterocycles. The molecular weight excluding hydrogens is 568 g/mol. The van der Waals surface area contributed by atoms with Crippen LogP contribution in [0.2, 0.25) is 10.0 Å². The van der Waals surface area contributed by atoms with E-state index in [1.165, 1.54) is 61.3 Å². The second-order valence-corrected chi connectivity index (χ2v) is 11.1. The van der Waals surface area contributed by atoms with Crippen molar-refractivity contribution in [1.29, 1.82) is 0 Å². The number of hydrogen-bond acceptors (Lipinski definition) is 5. The summed E-state index contributed by atoms with van der Waals surface area (Å²) < 4.78 is 47.5. The van der Waals surface area contributed by atoms with E-state index in [4.69, 9.17) is 27.9 Å². The van der Waals surface area contributed by atoms with Gasteiger partial charge in [0.1, 0.15) is 24.2 Å². The van der Waals surface area contributed by atoms with Gasteiger partial charge in [-0.15, -0.1) is 0 Å². The molecule has 0 aliphatic carbocycles. The highest BCUT2D eigenvalue weighted by Crippen LogP contribution is 2.27. The first-order valence-corrected chi connectivity index (χ1v) is 14.1. The van der Waals surface area contributed by atoms with Crippen LogP contribution in [0.15, 0.2) is 71.6 Å². The molecule has 3 rings (SSSR count). The van der Waals surface area contributed by atoms with Gasteiger partial charge in [0.15, 0.2) is 0 Å². The van der Waals surface area contributed by atoms with Crippen LogP contribution < -0.4 is 14.4 Å². The predicted molar refractivity (Wildman–Crippen MR) is 149 cm³/mol. The molecule has 0 aliphatic rings. The van der Waals surface area contributed by atoms with E-state index >= 15 is 0 Å². The van der Waals surface area contributed by atoms with Crippen molar-refractivity contribution in [3.63, 3.8) is 0 Å². The van der Waals surface area contributed by atoms with Gasteiger partial charge >= 0.3 is 0 Å². The first-order valence-electron chi connectivity index (χ1n) is 11.9. The molecule has 1 N–H and O–H groups in total. The zero-order valence-electron chi connectivity index (χ0n) is 21.5. The summed E-state index contributed by atoms with van der Waals surface area (Å²) in [6, 6.07) is 14.2. The quantitative estimate of drug-likeness (QED) is 0.340. The fraction of sp³-hybridized carbons (Fsp3) is 0.259. The molecule has 3 aromatic rings. The number of halogens is 3. The average molecular weight is 597 g/mol. The highest BCUT2D eigenvalue weighted by Gasteiger charge is 2.32. The van der Waals surface area contributed by atoms with Crippen molar-refractivity contribution in [1.82, 2.24) is 10.2 Å². The third kappa shape index (κ3) is 7.40. The van der Waals surface area contributed by atoms with E-state index in [0.717, 1.165) is 16.4 Å². The molecular formula is C27H28Cl2FN3O5S. The van der Waals surface area contributed by atoms with E-state index in [-0.39, 0.29) is 22.2 Å². The van der Waals surface area contributed by atoms with Gasteiger partial charge in [0.25, 0.3) is 10.0 Å². The van der Waals surface area contributed by atoms with E-state index in [9.17, 15) is 22.4 Å². The molecule has 0 spiro atoms. The maximum absolute atomic E-state index is 13.8. The number of rotatable bonds is 11. The zero-order valence-corrected chi connectivity index (χ0v) is 23.9. The fourth-order valence-electron chi connectivity index (χ4n) is 3.76. The average Bonchev–Trinajstić information content (AvgIpc) is 2.91. The summed E-state index contributed by atoms with van der Waals surface area (Å²) in [5, 5.41) is 3.17. The number of carbonyl (C=O) groups excluding carboxylic acids is 2. The van der Waals surface area contributed by atoms with Crippen LogP contribution in [-0.2, 0) is 26.2 Å². The molecule has 0 aromatic heterocycles. The van der Waals surface area contributed by atoms with Crippen molar-refractivity contribution in [2.45, 2.75) is 31.3 Å². The van der Waals surface area contributed by atoms with Gasteiger partial charge < -0.3 is 15.0 Å². The first kappa shape index (κ1) is 30.2. The molecule has 0 aliphatic heterocycles. The highest BCUT2D eigenvalue weighted by molar-refractivity contribution is 7.92. The van der Waals surface area contributed by atoms with Gasteiger partial charge in [0, 0.05) is 23.6 Å². The number of sulfonamides is 1. The topological polar surface area (TPSA) is 96.0 Å². The molecule has 208 valence electrons. The number of carbonyl (C=O) groups is 2. The molecule has 8 nitrogen and oxygen atoms in total. The van der Waals surface area contributed by atoms with Gasteiger partial charge in [-0.2, -0.15) is 0 Å². The standard InChI is InChI=1S/C27H28Cl2FN3O5S/c1-4-38-23-11-13-24(14-12-23)39(36,37)33(22-9-7-21(30)8-10-22)17-26(34)32(18(2)27(35)31-3)16-19-5-6-20(28)15-25(19)29/h5-15,18H,4,16-17H2,1-3H3,(H,31,35)/t18-/m0/s1. The minimum absolute atomic E-state index is 0.0655. The Bertz CT molecular complexity index is 1420. The second kappa shape index (κ2) is 13.1. The number of hydrogen-bond donors (Lipinski definition) is 1. The second-order valence-electron chi connectivity index (χ2n) is 8.44. The van der Waals surface area contributed by atoms with Crippen molar-refractivity contribution in [3.8, 4) is 5.75 Å². The van der Waals surface area contributed by atoms with Gasteiger partial charge in [0.2, 0.25) is 11.8 Å². The number of anilines is 1. The minimum atomic E-state index is -4.30. The molecule has 0 fully saturated rings. The Hall–Kier alpha value is -3.34. The Balaban J connectivity index is 2.03. The predicted octanol–water partition coefficient (Wildman–Crippen LogP) is 4.89. The molecule has 12 heteroatoms. The summed E-state index contributed by atoms with van der Waals surface area (Å²) in [5.74, 6) is -1.24. The maximum atomic E-state index is 13.8. The first-order chi connectivity index (χ1) is 18.5. The van der Waals surface area contributed by atoms with Gasteiger partial charge in [-0.05, 0) is 80.1 Å². The molecule has 3 aromatic carbocycles. The Morgan fingerprint density at radius 1 is 1.03 bits per heavy atom. The monoisotopic (exact) mass is 595 g/mol. The van der Waals surface area contributed by atoms with Crippen molar-refractivity contribution in [2.75, 3.05) is 24.5 Å². The van der Waals surface area contributed by atoms with Crippen LogP contribution >= 0.6 is 23.2 Å². The lowest BCUT2D eigenvalue weighted by Gasteiger charge is -2.32. The van der Waals surface area contributed by atoms with E-state index in [2.05, 4.69) is 5.32 Å². The fourth-order valence-corrected chi connectivity index (χ4v) is 5.65. The molecule has 0 bridgehead atoms. The molecule has 1 atom stereocenters. The molecule has 39 heavy (non-hydrogen) atoms. The van der Waals surface area contributed by atoms with Gasteiger partial charge in [-0.25, -0.2) is 12.8 Å². The van der Waals surface area contributed by atoms with Crippen LogP contribution in [-0.4, -0.2) is 51.4 Å². The third-order valence-corrected chi connectivity index (χ3v) is 8.26. The van der Waals surface area contributed by atoms with E-state index in [1.54, 1.807) is 19.1 Å². The molecule has 0 radical (unpaired) electrons. The summed E-state index contributed by atoms with van der Waals surface area (Å²) in [6.07, 6.45) is 0. The molecule has 0 saturated heterocycles. The third-order valence-electron chi connectivity index (χ3n) is 5.89. The van der Waals surface area contributed by atoms with Crippen LogP contribution in [0.3, 0.4) is 0 Å². The number of nitrogens with one attached hydrogen (secondary N) is 1. The largest absolute Gasteiger partial charge is 0.494 e. The van der Waals surface area contributed by atoms with Crippen LogP contribution in [0.4, 0.5) is 10.1 Å². The molecule has 0 saturated carbocycles. The van der Waals surface area contributed by atoms with Crippen LogP contribution in [0.1, 0.15) is 19.4 Å². The van der Waals surface area contributed by atoms with Gasteiger partial charge in [0.05, 0.1) is 17.2 Å². The SMILES string of the molecule is CCOc1ccc(S(=O)(=O)N(CC(=O)N(Cc2ccc(Cl)cc2Cl)[C@@H](C)C(=O)NC)c2ccc(F)cc2)cc1. The molecule has 0 unspecified atom stereocenters. The van der Waals surface area contributed by atoms with Crippen LogP contribution in [0.25, 0.3) is 0 Å². The van der Waals surface area contributed by atoms with Gasteiger partial charge in [-0.3, -0.25) is 13.9 Å². The Morgan fingerprint density at radius 2 is 1.67 bits per heavy atom. The minimum Gasteiger partial charge on any atom is -0.494 e. The summed E-state index contributed by atoms with van der Waals surface area (Å²) in [6.45, 7) is 2.95. The summed E-state index contributed by atoms with van der Waals surface area (Å²) >= 11 is 12.3. The Morgan fingerprint density at radius 3 is 2.23 bits per heavy atom. The smallest absolute Gasteiger partial charge is 0.264 e. The Kier molecular flexibility index (Phi) is 10.2. The van der Waals surface area contributed by atoms with Crippen molar-refractivity contribution in [3.05, 3.63) is 88.2 Å². The summed E-state index contributed by atoms with van der Waals surface area (Å²) in [4.78, 5) is 27.4. The Labute approximate surface area is 237 Å². The van der Waals surface area contributed by atoms with Crippen molar-refractivity contribution >= 4 is 50.7 Å². The normalized spacial score (nSPS) is 11.9. The van der Waals surface area contributed by atoms with Crippen molar-refractivity contribution < 1.29 is 27.1 Å².